The SMILES string of the molecule is CC[C@]1(c2cc(C)c3[nH]ncc3c2)CC(N2Cc3ccccc3NC2=O)CCN1C(=O)Oc1nc(-c2ccncc2)no1. The number of ether oxygens (including phenoxy) is 1. The quantitative estimate of drug-likeness (QED) is 0.273. The maximum Gasteiger partial charge on any atom is 0.426 e. The number of amides is 3. The lowest BCUT2D eigenvalue weighted by atomic mass is 9.75. The van der Waals surface area contributed by atoms with Crippen LogP contribution in [0.15, 0.2) is 71.6 Å². The van der Waals surface area contributed by atoms with Crippen molar-refractivity contribution in [3.63, 3.8) is 0 Å². The van der Waals surface area contributed by atoms with Crippen LogP contribution >= 0.6 is 0 Å². The summed E-state index contributed by atoms with van der Waals surface area (Å²) in [5, 5.41) is 15.2. The molecule has 12 nitrogen and oxygen atoms in total. The molecule has 2 atom stereocenters. The van der Waals surface area contributed by atoms with E-state index in [1.54, 1.807) is 35.6 Å². The fourth-order valence-corrected chi connectivity index (χ4v) is 6.46. The summed E-state index contributed by atoms with van der Waals surface area (Å²) >= 11 is 0. The van der Waals surface area contributed by atoms with Gasteiger partial charge < -0.3 is 15.0 Å². The number of anilines is 1. The number of likely N-dealkylation sites (tertiary alicyclic amines) is 1. The second-order valence-corrected chi connectivity index (χ2v) is 11.0. The molecule has 0 saturated carbocycles. The first-order chi connectivity index (χ1) is 20.9. The number of aromatic amines is 1. The third-order valence-corrected chi connectivity index (χ3v) is 8.69. The number of piperidine rings is 1. The first kappa shape index (κ1) is 26.6. The second kappa shape index (κ2) is 10.5. The maximum absolute atomic E-state index is 13.9. The molecule has 5 heterocycles. The third kappa shape index (κ3) is 4.64. The van der Waals surface area contributed by atoms with Crippen LogP contribution in [0.5, 0.6) is 6.08 Å². The number of urea groups is 1. The first-order valence-electron chi connectivity index (χ1n) is 14.3. The zero-order valence-electron chi connectivity index (χ0n) is 23.8. The molecule has 2 N–H and O–H groups in total. The number of nitrogens with one attached hydrogen (secondary N) is 2. The van der Waals surface area contributed by atoms with Crippen LogP contribution in [0.25, 0.3) is 22.3 Å². The van der Waals surface area contributed by atoms with Crippen LogP contribution in [-0.2, 0) is 12.1 Å². The number of rotatable bonds is 5. The summed E-state index contributed by atoms with van der Waals surface area (Å²) in [5.41, 5.74) is 4.69. The highest BCUT2D eigenvalue weighted by molar-refractivity contribution is 5.92. The zero-order valence-corrected chi connectivity index (χ0v) is 23.8. The van der Waals surface area contributed by atoms with Gasteiger partial charge in [-0.25, -0.2) is 9.59 Å². The molecule has 3 amide bonds. The molecule has 0 spiro atoms. The number of carbonyl (C=O) groups is 2. The Hall–Kier alpha value is -5.26. The molecule has 2 aliphatic heterocycles. The van der Waals surface area contributed by atoms with Gasteiger partial charge in [-0.15, -0.1) is 0 Å². The van der Waals surface area contributed by atoms with Gasteiger partial charge in [0.25, 0.3) is 0 Å². The summed E-state index contributed by atoms with van der Waals surface area (Å²) in [4.78, 5) is 39.2. The van der Waals surface area contributed by atoms with E-state index in [-0.39, 0.29) is 18.1 Å². The van der Waals surface area contributed by atoms with Gasteiger partial charge in [-0.05, 0) is 67.1 Å². The van der Waals surface area contributed by atoms with Crippen LogP contribution in [0, 0.1) is 6.92 Å². The smallest absolute Gasteiger partial charge is 0.358 e. The standard InChI is InChI=1S/C31H30N8O4/c1-3-31(23-14-19(2)26-22(15-23)17-33-36-26)16-24(38-18-21-6-4-5-7-25(21)34-28(38)40)10-13-39(31)30(41)42-29-35-27(37-43-29)20-8-11-32-12-9-20/h4-9,11-12,14-15,17,24H,3,10,13,16,18H2,1-2H3,(H,33,36)(H,34,40)/t24?,31-/m1/s1. The lowest BCUT2D eigenvalue weighted by Gasteiger charge is -2.51. The maximum atomic E-state index is 13.9. The number of para-hydroxylation sites is 1. The normalized spacial score (nSPS) is 20.1. The Morgan fingerprint density at radius 2 is 2.02 bits per heavy atom. The van der Waals surface area contributed by atoms with Gasteiger partial charge in [0.05, 0.1) is 17.3 Å². The molecule has 0 bridgehead atoms. The average Bonchev–Trinajstić information content (AvgIpc) is 3.71. The second-order valence-electron chi connectivity index (χ2n) is 11.0. The van der Waals surface area contributed by atoms with E-state index in [1.807, 2.05) is 36.1 Å². The molecule has 5 aromatic rings. The number of benzene rings is 2. The molecular weight excluding hydrogens is 548 g/mol. The van der Waals surface area contributed by atoms with Crippen molar-refractivity contribution in [1.29, 1.82) is 0 Å². The summed E-state index contributed by atoms with van der Waals surface area (Å²) in [6.45, 7) is 4.93. The Balaban J connectivity index is 1.23. The minimum Gasteiger partial charge on any atom is -0.358 e. The van der Waals surface area contributed by atoms with E-state index in [4.69, 9.17) is 9.26 Å². The van der Waals surface area contributed by atoms with Crippen molar-refractivity contribution in [2.24, 2.45) is 0 Å². The molecule has 2 aromatic carbocycles. The molecule has 43 heavy (non-hydrogen) atoms. The van der Waals surface area contributed by atoms with Crippen molar-refractivity contribution in [3.05, 3.63) is 83.8 Å². The van der Waals surface area contributed by atoms with Crippen molar-refractivity contribution >= 4 is 28.7 Å². The van der Waals surface area contributed by atoms with Gasteiger partial charge in [-0.2, -0.15) is 10.1 Å². The molecule has 0 radical (unpaired) electrons. The number of nitrogens with zero attached hydrogens (tertiary/aromatic N) is 6. The van der Waals surface area contributed by atoms with Crippen LogP contribution in [0.2, 0.25) is 0 Å². The molecule has 3 aromatic heterocycles. The molecule has 2 aliphatic rings. The van der Waals surface area contributed by atoms with Gasteiger partial charge in [-0.3, -0.25) is 19.5 Å². The Morgan fingerprint density at radius 1 is 1.19 bits per heavy atom. The van der Waals surface area contributed by atoms with Crippen molar-refractivity contribution in [2.45, 2.75) is 51.2 Å². The molecule has 1 unspecified atom stereocenters. The number of fused-ring (bicyclic) bond motifs is 2. The number of carbonyl (C=O) groups excluding carboxylic acids is 2. The number of aromatic nitrogens is 5. The van der Waals surface area contributed by atoms with E-state index in [0.29, 0.717) is 43.7 Å². The lowest BCUT2D eigenvalue weighted by molar-refractivity contribution is 0.00744. The van der Waals surface area contributed by atoms with Gasteiger partial charge in [0.2, 0.25) is 5.82 Å². The number of aryl methyl sites for hydroxylation is 1. The summed E-state index contributed by atoms with van der Waals surface area (Å²) in [7, 11) is 0. The van der Waals surface area contributed by atoms with Crippen molar-refractivity contribution in [1.82, 2.24) is 35.1 Å². The molecule has 1 fully saturated rings. The predicted octanol–water partition coefficient (Wildman–Crippen LogP) is 5.63. The molecule has 218 valence electrons. The van der Waals surface area contributed by atoms with Crippen molar-refractivity contribution in [2.75, 3.05) is 11.9 Å². The largest absolute Gasteiger partial charge is 0.426 e. The fourth-order valence-electron chi connectivity index (χ4n) is 6.46. The number of hydrogen-bond donors (Lipinski definition) is 2. The number of hydrogen-bond acceptors (Lipinski definition) is 8. The predicted molar refractivity (Wildman–Crippen MR) is 157 cm³/mol. The van der Waals surface area contributed by atoms with Crippen LogP contribution < -0.4 is 10.1 Å². The molecular formula is C31H30N8O4. The minimum absolute atomic E-state index is 0.126. The topological polar surface area (TPSA) is 142 Å². The number of pyridine rings is 1. The van der Waals surface area contributed by atoms with E-state index >= 15 is 0 Å². The van der Waals surface area contributed by atoms with E-state index < -0.39 is 11.6 Å². The minimum atomic E-state index is -0.790. The Morgan fingerprint density at radius 3 is 2.86 bits per heavy atom. The average molecular weight is 579 g/mol. The van der Waals surface area contributed by atoms with Crippen LogP contribution in [0.3, 0.4) is 0 Å². The van der Waals surface area contributed by atoms with E-state index in [2.05, 4.69) is 49.7 Å². The zero-order chi connectivity index (χ0) is 29.6. The van der Waals surface area contributed by atoms with Crippen LogP contribution in [0.1, 0.15) is 42.9 Å². The monoisotopic (exact) mass is 578 g/mol. The molecule has 7 rings (SSSR count). The Kier molecular flexibility index (Phi) is 6.52. The fraction of sp³-hybridized carbons (Fsp3) is 0.290. The van der Waals surface area contributed by atoms with Gasteiger partial charge >= 0.3 is 18.2 Å². The van der Waals surface area contributed by atoms with E-state index in [9.17, 15) is 9.59 Å². The van der Waals surface area contributed by atoms with Crippen LogP contribution in [0.4, 0.5) is 15.3 Å². The van der Waals surface area contributed by atoms with Gasteiger partial charge in [0.15, 0.2) is 0 Å². The van der Waals surface area contributed by atoms with Crippen LogP contribution in [-0.4, -0.2) is 59.8 Å². The summed E-state index contributed by atoms with van der Waals surface area (Å²) in [6, 6.07) is 15.2. The Bertz CT molecular complexity index is 1820. The first-order valence-corrected chi connectivity index (χ1v) is 14.3. The number of H-pyrrole nitrogens is 1. The highest BCUT2D eigenvalue weighted by Gasteiger charge is 2.48. The molecule has 0 aliphatic carbocycles. The van der Waals surface area contributed by atoms with Crippen molar-refractivity contribution in [3.8, 4) is 17.5 Å². The highest BCUT2D eigenvalue weighted by Crippen LogP contribution is 2.44. The lowest BCUT2D eigenvalue weighted by Crippen LogP contribution is -2.60. The molecule has 12 heteroatoms. The highest BCUT2D eigenvalue weighted by atomic mass is 16.7. The van der Waals surface area contributed by atoms with Gasteiger partial charge in [-0.1, -0.05) is 36.3 Å². The van der Waals surface area contributed by atoms with E-state index in [1.165, 1.54) is 0 Å². The van der Waals surface area contributed by atoms with Gasteiger partial charge in [0.1, 0.15) is 0 Å². The van der Waals surface area contributed by atoms with E-state index in [0.717, 1.165) is 33.3 Å². The van der Waals surface area contributed by atoms with Crippen molar-refractivity contribution < 1.29 is 18.8 Å². The summed E-state index contributed by atoms with van der Waals surface area (Å²) in [6.07, 6.45) is 5.87. The summed E-state index contributed by atoms with van der Waals surface area (Å²) in [5.74, 6) is 0.295. The third-order valence-electron chi connectivity index (χ3n) is 8.69. The summed E-state index contributed by atoms with van der Waals surface area (Å²) < 4.78 is 11.0. The Labute approximate surface area is 247 Å². The van der Waals surface area contributed by atoms with Gasteiger partial charge in [0, 0.05) is 48.2 Å². The molecule has 1 saturated heterocycles.